The summed E-state index contributed by atoms with van der Waals surface area (Å²) in [5.74, 6) is -0.703. The van der Waals surface area contributed by atoms with Gasteiger partial charge in [0.15, 0.2) is 5.69 Å². The lowest BCUT2D eigenvalue weighted by atomic mass is 9.99. The van der Waals surface area contributed by atoms with Crippen LogP contribution in [-0.2, 0) is 16.1 Å². The Bertz CT molecular complexity index is 1440. The molecule has 0 spiro atoms. The molecule has 182 valence electrons. The van der Waals surface area contributed by atoms with Gasteiger partial charge in [-0.25, -0.2) is 25.1 Å². The van der Waals surface area contributed by atoms with Gasteiger partial charge in [0.2, 0.25) is 0 Å². The van der Waals surface area contributed by atoms with E-state index in [1.807, 2.05) is 31.2 Å². The first-order chi connectivity index (χ1) is 17.5. The maximum absolute atomic E-state index is 13.2. The number of aromatic nitrogens is 1. The van der Waals surface area contributed by atoms with Crippen LogP contribution in [0, 0.1) is 0 Å². The molecule has 1 N–H and O–H groups in total. The number of aryl methyl sites for hydroxylation is 1. The summed E-state index contributed by atoms with van der Waals surface area (Å²) < 4.78 is 5.19. The number of benzene rings is 3. The van der Waals surface area contributed by atoms with E-state index in [1.165, 1.54) is 6.07 Å². The van der Waals surface area contributed by atoms with E-state index in [0.29, 0.717) is 22.3 Å². The average Bonchev–Trinajstić information content (AvgIpc) is 2.92. The first-order valence-electron chi connectivity index (χ1n) is 11.6. The highest BCUT2D eigenvalue weighted by atomic mass is 16.7. The van der Waals surface area contributed by atoms with Crippen LogP contribution < -0.4 is 15.3 Å². The van der Waals surface area contributed by atoms with Gasteiger partial charge in [-0.3, -0.25) is 0 Å². The van der Waals surface area contributed by atoms with E-state index in [9.17, 15) is 9.59 Å². The van der Waals surface area contributed by atoms with E-state index in [2.05, 4.69) is 10.5 Å². The zero-order chi connectivity index (χ0) is 25.1. The number of fused-ring (bicyclic) bond motifs is 2. The number of nitrogens with zero attached hydrogens (tertiary/aromatic N) is 2. The number of nitrogens with one attached hydrogen (secondary N) is 1. The fourth-order valence-electron chi connectivity index (χ4n) is 4.23. The summed E-state index contributed by atoms with van der Waals surface area (Å²) in [5, 5.41) is 2.18. The van der Waals surface area contributed by atoms with Crippen molar-refractivity contribution in [3.8, 4) is 5.75 Å². The number of carbonyl (C=O) groups excluding carboxylic acids is 2. The molecular formula is C28H25N3O5. The standard InChI is InChI=1S/C28H25N3O5/c1-18-14-15-19-8-3-6-13-26(19)31(18)36-28(33)25-17-23(22-11-4-5-12-24(22)29-25)27(32)35-30-20-9-7-10-21(16-20)34-2/h3-13,16-18,30H,14-15H2,1-2H3. The van der Waals surface area contributed by atoms with Crippen molar-refractivity contribution >= 4 is 34.2 Å². The number of hydroxylamine groups is 1. The van der Waals surface area contributed by atoms with Crippen LogP contribution in [0.5, 0.6) is 5.75 Å². The number of ether oxygens (including phenoxy) is 1. The summed E-state index contributed by atoms with van der Waals surface area (Å²) in [6.45, 7) is 2.00. The van der Waals surface area contributed by atoms with Crippen molar-refractivity contribution in [2.24, 2.45) is 0 Å². The van der Waals surface area contributed by atoms with E-state index in [0.717, 1.165) is 24.1 Å². The van der Waals surface area contributed by atoms with Gasteiger partial charge in [-0.05, 0) is 55.7 Å². The van der Waals surface area contributed by atoms with Crippen LogP contribution in [0.1, 0.15) is 39.8 Å². The van der Waals surface area contributed by atoms with Crippen LogP contribution in [0.3, 0.4) is 0 Å². The number of hydrogen-bond acceptors (Lipinski definition) is 8. The number of methoxy groups -OCH3 is 1. The molecule has 0 bridgehead atoms. The summed E-state index contributed by atoms with van der Waals surface area (Å²) in [4.78, 5) is 41.9. The molecule has 4 aromatic rings. The molecule has 0 saturated heterocycles. The van der Waals surface area contributed by atoms with Crippen molar-refractivity contribution < 1.29 is 24.0 Å². The number of rotatable bonds is 6. The predicted octanol–water partition coefficient (Wildman–Crippen LogP) is 5.34. The lowest BCUT2D eigenvalue weighted by Gasteiger charge is -2.34. The van der Waals surface area contributed by atoms with Gasteiger partial charge in [0.25, 0.3) is 0 Å². The Labute approximate surface area is 208 Å². The van der Waals surface area contributed by atoms with Gasteiger partial charge in [-0.2, -0.15) is 0 Å². The van der Waals surface area contributed by atoms with E-state index in [-0.39, 0.29) is 17.3 Å². The molecule has 1 atom stereocenters. The molecule has 1 unspecified atom stereocenters. The minimum atomic E-state index is -0.665. The molecule has 36 heavy (non-hydrogen) atoms. The molecule has 0 radical (unpaired) electrons. The van der Waals surface area contributed by atoms with E-state index in [1.54, 1.807) is 60.7 Å². The molecular weight excluding hydrogens is 458 g/mol. The number of hydrogen-bond donors (Lipinski definition) is 1. The topological polar surface area (TPSA) is 90.0 Å². The quantitative estimate of drug-likeness (QED) is 0.368. The Morgan fingerprint density at radius 2 is 1.78 bits per heavy atom. The molecule has 0 amide bonds. The SMILES string of the molecule is COc1cccc(NOC(=O)c2cc(C(=O)ON3c4ccccc4CCC3C)nc3ccccc23)c1. The smallest absolute Gasteiger partial charge is 0.381 e. The second kappa shape index (κ2) is 9.95. The Morgan fingerprint density at radius 1 is 0.972 bits per heavy atom. The molecule has 0 fully saturated rings. The van der Waals surface area contributed by atoms with Crippen molar-refractivity contribution in [1.29, 1.82) is 0 Å². The lowest BCUT2D eigenvalue weighted by molar-refractivity contribution is 0.0389. The maximum atomic E-state index is 13.2. The Morgan fingerprint density at radius 3 is 2.64 bits per heavy atom. The van der Waals surface area contributed by atoms with Gasteiger partial charge >= 0.3 is 11.9 Å². The van der Waals surface area contributed by atoms with Gasteiger partial charge in [-0.1, -0.05) is 42.5 Å². The molecule has 1 aromatic heterocycles. The zero-order valence-electron chi connectivity index (χ0n) is 19.9. The molecule has 1 aliphatic rings. The minimum Gasteiger partial charge on any atom is -0.497 e. The second-order valence-corrected chi connectivity index (χ2v) is 8.52. The van der Waals surface area contributed by atoms with Crippen LogP contribution in [-0.4, -0.2) is 30.1 Å². The van der Waals surface area contributed by atoms with Gasteiger partial charge in [0.1, 0.15) is 5.75 Å². The highest BCUT2D eigenvalue weighted by Crippen LogP contribution is 2.31. The second-order valence-electron chi connectivity index (χ2n) is 8.52. The largest absolute Gasteiger partial charge is 0.497 e. The summed E-state index contributed by atoms with van der Waals surface area (Å²) in [5.41, 5.74) is 5.83. The lowest BCUT2D eigenvalue weighted by Crippen LogP contribution is -2.39. The fraction of sp³-hybridized carbons (Fsp3) is 0.179. The average molecular weight is 484 g/mol. The number of para-hydroxylation sites is 2. The van der Waals surface area contributed by atoms with Gasteiger partial charge in [-0.15, -0.1) is 0 Å². The predicted molar refractivity (Wildman–Crippen MR) is 136 cm³/mol. The highest BCUT2D eigenvalue weighted by Gasteiger charge is 2.28. The van der Waals surface area contributed by atoms with Crippen molar-refractivity contribution in [1.82, 2.24) is 4.98 Å². The first kappa shape index (κ1) is 23.2. The van der Waals surface area contributed by atoms with Crippen LogP contribution in [0.4, 0.5) is 11.4 Å². The number of anilines is 2. The molecule has 8 heteroatoms. The molecule has 2 heterocycles. The summed E-state index contributed by atoms with van der Waals surface area (Å²) in [6.07, 6.45) is 1.76. The van der Waals surface area contributed by atoms with Crippen molar-refractivity contribution in [2.75, 3.05) is 17.7 Å². The maximum Gasteiger partial charge on any atom is 0.381 e. The number of carbonyl (C=O) groups is 2. The van der Waals surface area contributed by atoms with Gasteiger partial charge < -0.3 is 14.4 Å². The van der Waals surface area contributed by atoms with Crippen LogP contribution >= 0.6 is 0 Å². The number of pyridine rings is 1. The molecule has 8 nitrogen and oxygen atoms in total. The Kier molecular flexibility index (Phi) is 6.40. The molecule has 0 saturated carbocycles. The third kappa shape index (κ3) is 4.65. The van der Waals surface area contributed by atoms with Gasteiger partial charge in [0, 0.05) is 11.5 Å². The van der Waals surface area contributed by atoms with Crippen LogP contribution in [0.15, 0.2) is 78.9 Å². The van der Waals surface area contributed by atoms with Crippen molar-refractivity contribution in [2.45, 2.75) is 25.8 Å². The Hall–Kier alpha value is -4.59. The molecule has 3 aromatic carbocycles. The minimum absolute atomic E-state index is 0.000746. The van der Waals surface area contributed by atoms with Crippen LogP contribution in [0.2, 0.25) is 0 Å². The third-order valence-corrected chi connectivity index (χ3v) is 6.12. The molecule has 0 aliphatic carbocycles. The van der Waals surface area contributed by atoms with Crippen molar-refractivity contribution in [3.05, 3.63) is 95.7 Å². The van der Waals surface area contributed by atoms with Gasteiger partial charge in [0.05, 0.1) is 35.6 Å². The fourth-order valence-corrected chi connectivity index (χ4v) is 4.23. The van der Waals surface area contributed by atoms with E-state index < -0.39 is 11.9 Å². The normalized spacial score (nSPS) is 14.6. The van der Waals surface area contributed by atoms with Crippen LogP contribution in [0.25, 0.3) is 10.9 Å². The summed E-state index contributed by atoms with van der Waals surface area (Å²) >= 11 is 0. The molecule has 5 rings (SSSR count). The summed E-state index contributed by atoms with van der Waals surface area (Å²) in [6, 6.07) is 23.3. The molecule has 1 aliphatic heterocycles. The monoisotopic (exact) mass is 483 g/mol. The van der Waals surface area contributed by atoms with Crippen molar-refractivity contribution in [3.63, 3.8) is 0 Å². The third-order valence-electron chi connectivity index (χ3n) is 6.12. The van der Waals surface area contributed by atoms with E-state index in [4.69, 9.17) is 14.4 Å². The highest BCUT2D eigenvalue weighted by molar-refractivity contribution is 6.06. The van der Waals surface area contributed by atoms with E-state index >= 15 is 0 Å². The summed E-state index contributed by atoms with van der Waals surface area (Å²) in [7, 11) is 1.55. The zero-order valence-corrected chi connectivity index (χ0v) is 19.9. The Balaban J connectivity index is 1.42. The first-order valence-corrected chi connectivity index (χ1v) is 11.6.